The second-order valence-corrected chi connectivity index (χ2v) is 6.65. The highest BCUT2D eigenvalue weighted by molar-refractivity contribution is 5.82. The lowest BCUT2D eigenvalue weighted by Gasteiger charge is -2.29. The molecule has 3 rings (SSSR count). The summed E-state index contributed by atoms with van der Waals surface area (Å²) >= 11 is 0. The molecular weight excluding hydrogens is 349 g/mol. The molecule has 0 saturated carbocycles. The summed E-state index contributed by atoms with van der Waals surface area (Å²) in [6, 6.07) is 7.96. The standard InChI is InChI=1S/C17H21F3N4O2/c18-17(19,20)16(22-23-16)9-13-7-4-8-24(13)15(25)14(21)11-26-10-12-5-2-1-3-6-12/h1-3,5-6,13-14H,4,7-11,21H2/t13?,14-/m0/s1. The zero-order valence-electron chi connectivity index (χ0n) is 14.2. The van der Waals surface area contributed by atoms with E-state index in [9.17, 15) is 18.0 Å². The summed E-state index contributed by atoms with van der Waals surface area (Å²) in [6.07, 6.45) is -3.72. The van der Waals surface area contributed by atoms with Crippen LogP contribution in [0.2, 0.25) is 0 Å². The lowest BCUT2D eigenvalue weighted by molar-refractivity contribution is -0.169. The monoisotopic (exact) mass is 370 g/mol. The minimum Gasteiger partial charge on any atom is -0.375 e. The first kappa shape index (κ1) is 18.8. The third-order valence-corrected chi connectivity index (χ3v) is 4.70. The molecule has 6 nitrogen and oxygen atoms in total. The molecule has 2 aliphatic heterocycles. The van der Waals surface area contributed by atoms with Crippen LogP contribution in [0.1, 0.15) is 24.8 Å². The molecule has 1 unspecified atom stereocenters. The van der Waals surface area contributed by atoms with E-state index in [2.05, 4.69) is 10.2 Å². The maximum atomic E-state index is 13.0. The van der Waals surface area contributed by atoms with Gasteiger partial charge in [0.2, 0.25) is 5.91 Å². The Morgan fingerprint density at radius 2 is 2.04 bits per heavy atom. The van der Waals surface area contributed by atoms with E-state index < -0.39 is 29.8 Å². The Morgan fingerprint density at radius 3 is 2.65 bits per heavy atom. The Bertz CT molecular complexity index is 660. The van der Waals surface area contributed by atoms with Crippen molar-refractivity contribution < 1.29 is 22.7 Å². The fourth-order valence-electron chi connectivity index (χ4n) is 3.20. The Morgan fingerprint density at radius 1 is 1.35 bits per heavy atom. The predicted octanol–water partition coefficient (Wildman–Crippen LogP) is 2.64. The Hall–Kier alpha value is -2.00. The van der Waals surface area contributed by atoms with Crippen molar-refractivity contribution in [3.05, 3.63) is 35.9 Å². The number of halogens is 3. The molecule has 2 heterocycles. The normalized spacial score (nSPS) is 22.5. The molecule has 0 spiro atoms. The van der Waals surface area contributed by atoms with Crippen molar-refractivity contribution in [1.29, 1.82) is 0 Å². The van der Waals surface area contributed by atoms with Crippen LogP contribution in [0.5, 0.6) is 0 Å². The van der Waals surface area contributed by atoms with Crippen LogP contribution in [-0.2, 0) is 16.1 Å². The summed E-state index contributed by atoms with van der Waals surface area (Å²) in [5.41, 5.74) is 4.52. The maximum Gasteiger partial charge on any atom is 0.437 e. The summed E-state index contributed by atoms with van der Waals surface area (Å²) in [6.45, 7) is 0.722. The van der Waals surface area contributed by atoms with E-state index in [4.69, 9.17) is 10.5 Å². The highest BCUT2D eigenvalue weighted by atomic mass is 19.4. The minimum absolute atomic E-state index is 0.0100. The average Bonchev–Trinajstić information content (AvgIpc) is 3.26. The van der Waals surface area contributed by atoms with E-state index in [-0.39, 0.29) is 13.0 Å². The number of benzene rings is 1. The van der Waals surface area contributed by atoms with Crippen LogP contribution in [0.15, 0.2) is 40.6 Å². The van der Waals surface area contributed by atoms with Crippen LogP contribution >= 0.6 is 0 Å². The molecule has 1 fully saturated rings. The first-order valence-electron chi connectivity index (χ1n) is 8.51. The number of ether oxygens (including phenoxy) is 1. The van der Waals surface area contributed by atoms with Crippen LogP contribution in [0, 0.1) is 0 Å². The molecule has 9 heteroatoms. The van der Waals surface area contributed by atoms with Gasteiger partial charge in [-0.25, -0.2) is 0 Å². The molecule has 1 aromatic rings. The largest absolute Gasteiger partial charge is 0.437 e. The van der Waals surface area contributed by atoms with Gasteiger partial charge in [0, 0.05) is 19.0 Å². The summed E-state index contributed by atoms with van der Waals surface area (Å²) in [4.78, 5) is 14.0. The second kappa shape index (κ2) is 7.32. The minimum atomic E-state index is -4.52. The van der Waals surface area contributed by atoms with Crippen molar-refractivity contribution in [3.8, 4) is 0 Å². The molecule has 0 bridgehead atoms. The van der Waals surface area contributed by atoms with Crippen molar-refractivity contribution in [1.82, 2.24) is 4.90 Å². The number of alkyl halides is 3. The molecule has 2 aliphatic rings. The van der Waals surface area contributed by atoms with Crippen molar-refractivity contribution >= 4 is 5.91 Å². The van der Waals surface area contributed by atoms with E-state index in [0.29, 0.717) is 26.0 Å². The van der Waals surface area contributed by atoms with E-state index >= 15 is 0 Å². The Labute approximate surface area is 149 Å². The van der Waals surface area contributed by atoms with Gasteiger partial charge in [0.25, 0.3) is 5.66 Å². The lowest BCUT2D eigenvalue weighted by Crippen LogP contribution is -2.50. The first-order valence-corrected chi connectivity index (χ1v) is 8.51. The van der Waals surface area contributed by atoms with Crippen LogP contribution in [0.4, 0.5) is 13.2 Å². The molecule has 2 N–H and O–H groups in total. The van der Waals surface area contributed by atoms with Gasteiger partial charge in [-0.2, -0.15) is 13.2 Å². The Kier molecular flexibility index (Phi) is 5.29. The number of carbonyl (C=O) groups is 1. The van der Waals surface area contributed by atoms with Crippen LogP contribution in [-0.4, -0.2) is 47.9 Å². The molecule has 1 aromatic carbocycles. The molecule has 0 radical (unpaired) electrons. The molecule has 26 heavy (non-hydrogen) atoms. The number of likely N-dealkylation sites (tertiary alicyclic amines) is 1. The topological polar surface area (TPSA) is 80.3 Å². The van der Waals surface area contributed by atoms with Crippen molar-refractivity contribution in [3.63, 3.8) is 0 Å². The van der Waals surface area contributed by atoms with Gasteiger partial charge in [0.15, 0.2) is 0 Å². The quantitative estimate of drug-likeness (QED) is 0.801. The molecular formula is C17H21F3N4O2. The highest BCUT2D eigenvalue weighted by Gasteiger charge is 2.65. The molecule has 142 valence electrons. The van der Waals surface area contributed by atoms with Crippen molar-refractivity contribution in [2.24, 2.45) is 16.0 Å². The van der Waals surface area contributed by atoms with Crippen molar-refractivity contribution in [2.45, 2.75) is 49.8 Å². The number of hydrogen-bond donors (Lipinski definition) is 1. The fraction of sp³-hybridized carbons (Fsp3) is 0.588. The smallest absolute Gasteiger partial charge is 0.375 e. The predicted molar refractivity (Wildman–Crippen MR) is 87.1 cm³/mol. The number of rotatable bonds is 7. The van der Waals surface area contributed by atoms with Gasteiger partial charge < -0.3 is 15.4 Å². The van der Waals surface area contributed by atoms with E-state index in [1.165, 1.54) is 4.90 Å². The second-order valence-electron chi connectivity index (χ2n) is 6.65. The Balaban J connectivity index is 1.51. The molecule has 1 amide bonds. The summed E-state index contributed by atoms with van der Waals surface area (Å²) < 4.78 is 44.6. The zero-order valence-corrected chi connectivity index (χ0v) is 14.2. The van der Waals surface area contributed by atoms with Gasteiger partial charge in [0.05, 0.1) is 13.2 Å². The highest BCUT2D eigenvalue weighted by Crippen LogP contribution is 2.49. The summed E-state index contributed by atoms with van der Waals surface area (Å²) in [7, 11) is 0. The number of amides is 1. The van der Waals surface area contributed by atoms with Gasteiger partial charge in [-0.3, -0.25) is 4.79 Å². The lowest BCUT2D eigenvalue weighted by atomic mass is 10.0. The van der Waals surface area contributed by atoms with Gasteiger partial charge in [0.1, 0.15) is 6.04 Å². The molecule has 2 atom stereocenters. The van der Waals surface area contributed by atoms with Gasteiger partial charge >= 0.3 is 6.18 Å². The van der Waals surface area contributed by atoms with Gasteiger partial charge in [-0.1, -0.05) is 30.3 Å². The molecule has 1 saturated heterocycles. The van der Waals surface area contributed by atoms with Crippen LogP contribution in [0.3, 0.4) is 0 Å². The molecule has 0 aromatic heterocycles. The SMILES string of the molecule is N[C@@H](COCc1ccccc1)C(=O)N1CCCC1CC1(C(F)(F)F)N=N1. The number of carbonyl (C=O) groups excluding carboxylic acids is 1. The fourth-order valence-corrected chi connectivity index (χ4v) is 3.20. The van der Waals surface area contributed by atoms with E-state index in [1.54, 1.807) is 0 Å². The van der Waals surface area contributed by atoms with Gasteiger partial charge in [-0.05, 0) is 18.4 Å². The summed E-state index contributed by atoms with van der Waals surface area (Å²) in [5.74, 6) is -0.390. The summed E-state index contributed by atoms with van der Waals surface area (Å²) in [5, 5.41) is 6.39. The number of nitrogens with zero attached hydrogens (tertiary/aromatic N) is 3. The third kappa shape index (κ3) is 4.04. The van der Waals surface area contributed by atoms with Crippen molar-refractivity contribution in [2.75, 3.05) is 13.2 Å². The number of nitrogens with two attached hydrogens (primary N) is 1. The van der Waals surface area contributed by atoms with E-state index in [0.717, 1.165) is 5.56 Å². The van der Waals surface area contributed by atoms with Crippen LogP contribution in [0.25, 0.3) is 0 Å². The maximum absolute atomic E-state index is 13.0. The third-order valence-electron chi connectivity index (χ3n) is 4.70. The zero-order chi connectivity index (χ0) is 18.8. The average molecular weight is 370 g/mol. The first-order chi connectivity index (χ1) is 12.3. The number of hydrogen-bond acceptors (Lipinski definition) is 5. The van der Waals surface area contributed by atoms with Crippen LogP contribution < -0.4 is 5.73 Å². The molecule has 0 aliphatic carbocycles. The van der Waals surface area contributed by atoms with E-state index in [1.807, 2.05) is 30.3 Å². The van der Waals surface area contributed by atoms with Gasteiger partial charge in [-0.15, -0.1) is 10.2 Å².